The first kappa shape index (κ1) is 10.6. The van der Waals surface area contributed by atoms with Gasteiger partial charge in [0.25, 0.3) is 0 Å². The second-order valence-electron chi connectivity index (χ2n) is 2.42. The van der Waals surface area contributed by atoms with Crippen LogP contribution in [0.5, 0.6) is 0 Å². The van der Waals surface area contributed by atoms with Gasteiger partial charge in [0, 0.05) is 5.18 Å². The SMILES string of the molecule is CCS(=O)(=O)c1ccc(C(=O)N=O)o1. The number of nitroso groups, excluding NO2 is 1. The highest BCUT2D eigenvalue weighted by Crippen LogP contribution is 2.15. The largest absolute Gasteiger partial charge is 0.439 e. The first-order chi connectivity index (χ1) is 6.51. The number of sulfone groups is 1. The molecule has 6 nitrogen and oxygen atoms in total. The molecule has 76 valence electrons. The summed E-state index contributed by atoms with van der Waals surface area (Å²) in [6.07, 6.45) is 0. The molecule has 0 saturated heterocycles. The van der Waals surface area contributed by atoms with E-state index < -0.39 is 15.7 Å². The van der Waals surface area contributed by atoms with E-state index in [-0.39, 0.29) is 16.6 Å². The second kappa shape index (κ2) is 3.70. The van der Waals surface area contributed by atoms with E-state index in [1.807, 2.05) is 0 Å². The summed E-state index contributed by atoms with van der Waals surface area (Å²) >= 11 is 0. The molecule has 0 fully saturated rings. The zero-order valence-corrected chi connectivity index (χ0v) is 8.08. The fraction of sp³-hybridized carbons (Fsp3) is 0.286. The van der Waals surface area contributed by atoms with E-state index in [9.17, 15) is 18.1 Å². The third kappa shape index (κ3) is 1.87. The van der Waals surface area contributed by atoms with Crippen molar-refractivity contribution >= 4 is 15.7 Å². The highest BCUT2D eigenvalue weighted by molar-refractivity contribution is 7.91. The van der Waals surface area contributed by atoms with Gasteiger partial charge in [-0.1, -0.05) is 6.92 Å². The van der Waals surface area contributed by atoms with Gasteiger partial charge in [0.1, 0.15) is 0 Å². The summed E-state index contributed by atoms with van der Waals surface area (Å²) in [6.45, 7) is 1.44. The number of carbonyl (C=O) groups is 1. The average Bonchev–Trinajstić information content (AvgIpc) is 2.66. The van der Waals surface area contributed by atoms with Gasteiger partial charge in [0.15, 0.2) is 5.76 Å². The Balaban J connectivity index is 3.12. The van der Waals surface area contributed by atoms with Crippen molar-refractivity contribution in [3.05, 3.63) is 22.8 Å². The average molecular weight is 217 g/mol. The Morgan fingerprint density at radius 1 is 1.50 bits per heavy atom. The third-order valence-electron chi connectivity index (χ3n) is 1.56. The molecule has 0 spiro atoms. The van der Waals surface area contributed by atoms with Gasteiger partial charge in [-0.15, -0.1) is 4.91 Å². The molecule has 1 aromatic heterocycles. The Labute approximate surface area is 79.8 Å². The van der Waals surface area contributed by atoms with Crippen LogP contribution in [0, 0.1) is 4.91 Å². The fourth-order valence-electron chi connectivity index (χ4n) is 0.789. The Hall–Kier alpha value is -1.50. The quantitative estimate of drug-likeness (QED) is 0.703. The van der Waals surface area contributed by atoms with Crippen molar-refractivity contribution in [2.45, 2.75) is 12.0 Å². The fourth-order valence-corrected chi connectivity index (χ4v) is 1.57. The molecular formula is C7H7NO5S. The zero-order valence-electron chi connectivity index (χ0n) is 7.26. The summed E-state index contributed by atoms with van der Waals surface area (Å²) in [5, 5.41) is 1.78. The maximum absolute atomic E-state index is 11.2. The van der Waals surface area contributed by atoms with Crippen LogP contribution in [0.25, 0.3) is 0 Å². The Morgan fingerprint density at radius 3 is 2.64 bits per heavy atom. The molecule has 1 rings (SSSR count). The van der Waals surface area contributed by atoms with Crippen LogP contribution in [-0.4, -0.2) is 20.1 Å². The van der Waals surface area contributed by atoms with Crippen LogP contribution in [0.4, 0.5) is 0 Å². The molecule has 0 bridgehead atoms. The molecule has 0 saturated carbocycles. The van der Waals surface area contributed by atoms with Gasteiger partial charge in [-0.05, 0) is 12.1 Å². The molecule has 1 aromatic rings. The predicted octanol–water partition coefficient (Wildman–Crippen LogP) is 0.980. The van der Waals surface area contributed by atoms with Crippen molar-refractivity contribution in [2.24, 2.45) is 5.18 Å². The Kier molecular flexibility index (Phi) is 2.80. The van der Waals surface area contributed by atoms with Gasteiger partial charge in [0.2, 0.25) is 14.9 Å². The number of hydrogen-bond acceptors (Lipinski definition) is 5. The van der Waals surface area contributed by atoms with Gasteiger partial charge in [-0.2, -0.15) is 0 Å². The molecule has 0 N–H and O–H groups in total. The molecule has 0 aromatic carbocycles. The topological polar surface area (TPSA) is 93.8 Å². The van der Waals surface area contributed by atoms with E-state index in [4.69, 9.17) is 0 Å². The lowest BCUT2D eigenvalue weighted by Crippen LogP contribution is -2.01. The van der Waals surface area contributed by atoms with Crippen molar-refractivity contribution in [3.8, 4) is 0 Å². The van der Waals surface area contributed by atoms with E-state index in [0.717, 1.165) is 12.1 Å². The van der Waals surface area contributed by atoms with Crippen LogP contribution >= 0.6 is 0 Å². The van der Waals surface area contributed by atoms with E-state index in [0.29, 0.717) is 0 Å². The number of nitrogens with zero attached hydrogens (tertiary/aromatic N) is 1. The highest BCUT2D eigenvalue weighted by atomic mass is 32.2. The smallest absolute Gasteiger partial charge is 0.351 e. The normalized spacial score (nSPS) is 11.2. The Morgan fingerprint density at radius 2 is 2.14 bits per heavy atom. The summed E-state index contributed by atoms with van der Waals surface area (Å²) in [4.78, 5) is 20.5. The van der Waals surface area contributed by atoms with Crippen molar-refractivity contribution in [3.63, 3.8) is 0 Å². The first-order valence-corrected chi connectivity index (χ1v) is 5.36. The van der Waals surface area contributed by atoms with Crippen LogP contribution in [0.15, 0.2) is 26.8 Å². The molecule has 14 heavy (non-hydrogen) atoms. The van der Waals surface area contributed by atoms with Gasteiger partial charge in [0.05, 0.1) is 5.75 Å². The molecule has 0 unspecified atom stereocenters. The molecule has 0 radical (unpaired) electrons. The maximum atomic E-state index is 11.2. The summed E-state index contributed by atoms with van der Waals surface area (Å²) in [5.74, 6) is -1.63. The van der Waals surface area contributed by atoms with Gasteiger partial charge < -0.3 is 4.42 Å². The molecule has 1 heterocycles. The van der Waals surface area contributed by atoms with Crippen LogP contribution in [0.1, 0.15) is 17.5 Å². The van der Waals surface area contributed by atoms with Crippen molar-refractivity contribution in [2.75, 3.05) is 5.75 Å². The second-order valence-corrected chi connectivity index (χ2v) is 4.63. The molecule has 1 amide bonds. The van der Waals surface area contributed by atoms with Crippen LogP contribution in [0.3, 0.4) is 0 Å². The summed E-state index contributed by atoms with van der Waals surface area (Å²) in [7, 11) is -3.48. The number of rotatable bonds is 3. The molecule has 0 atom stereocenters. The third-order valence-corrected chi connectivity index (χ3v) is 3.15. The molecule has 0 aliphatic carbocycles. The minimum Gasteiger partial charge on any atom is -0.439 e. The van der Waals surface area contributed by atoms with Gasteiger partial charge >= 0.3 is 5.91 Å². The maximum Gasteiger partial charge on any atom is 0.351 e. The van der Waals surface area contributed by atoms with Crippen LogP contribution in [-0.2, 0) is 9.84 Å². The Bertz CT molecular complexity index is 458. The van der Waals surface area contributed by atoms with Gasteiger partial charge in [-0.3, -0.25) is 4.79 Å². The van der Waals surface area contributed by atoms with Crippen molar-refractivity contribution < 1.29 is 17.6 Å². The molecule has 7 heteroatoms. The molecule has 0 aliphatic heterocycles. The van der Waals surface area contributed by atoms with Gasteiger partial charge in [-0.25, -0.2) is 8.42 Å². The zero-order chi connectivity index (χ0) is 10.8. The molecule has 0 aliphatic rings. The van der Waals surface area contributed by atoms with Crippen LogP contribution in [0.2, 0.25) is 0 Å². The lowest BCUT2D eigenvalue weighted by Gasteiger charge is -1.93. The highest BCUT2D eigenvalue weighted by Gasteiger charge is 2.19. The number of hydrogen-bond donors (Lipinski definition) is 0. The van der Waals surface area contributed by atoms with Crippen molar-refractivity contribution in [1.82, 2.24) is 0 Å². The van der Waals surface area contributed by atoms with Crippen molar-refractivity contribution in [1.29, 1.82) is 0 Å². The monoisotopic (exact) mass is 217 g/mol. The number of amides is 1. The lowest BCUT2D eigenvalue weighted by molar-refractivity contribution is 0.0969. The first-order valence-electron chi connectivity index (χ1n) is 3.71. The minimum absolute atomic E-state index is 0.136. The van der Waals surface area contributed by atoms with Crippen LogP contribution < -0.4 is 0 Å². The van der Waals surface area contributed by atoms with E-state index in [1.165, 1.54) is 6.92 Å². The summed E-state index contributed by atoms with van der Waals surface area (Å²) in [6, 6.07) is 2.23. The predicted molar refractivity (Wildman–Crippen MR) is 46.6 cm³/mol. The summed E-state index contributed by atoms with van der Waals surface area (Å²) < 4.78 is 27.1. The lowest BCUT2D eigenvalue weighted by atomic mass is 10.4. The molecular weight excluding hydrogens is 210 g/mol. The summed E-state index contributed by atoms with van der Waals surface area (Å²) in [5.41, 5.74) is 0. The van der Waals surface area contributed by atoms with E-state index in [1.54, 1.807) is 0 Å². The van der Waals surface area contributed by atoms with E-state index in [2.05, 4.69) is 9.59 Å². The van der Waals surface area contributed by atoms with E-state index >= 15 is 0 Å². The number of carbonyl (C=O) groups excluding carboxylic acids is 1. The minimum atomic E-state index is -3.48. The standard InChI is InChI=1S/C7H7NO5S/c1-2-14(11,12)6-4-3-5(13-6)7(9)8-10/h3-4H,2H2,1H3. The number of furan rings is 1.